The van der Waals surface area contributed by atoms with Gasteiger partial charge in [0.25, 0.3) is 0 Å². The molecule has 1 aromatic rings. The highest BCUT2D eigenvalue weighted by molar-refractivity contribution is 9.09. The number of hydrogen-bond acceptors (Lipinski definition) is 4. The molecule has 102 valence electrons. The average Bonchev–Trinajstić information content (AvgIpc) is 2.38. The second-order valence-electron chi connectivity index (χ2n) is 3.46. The molecule has 0 aliphatic heterocycles. The van der Waals surface area contributed by atoms with E-state index in [0.717, 1.165) is 5.56 Å². The Labute approximate surface area is 116 Å². The van der Waals surface area contributed by atoms with Crippen molar-refractivity contribution in [3.8, 4) is 0 Å². The fourth-order valence-corrected chi connectivity index (χ4v) is 3.17. The van der Waals surface area contributed by atoms with Crippen LogP contribution in [0.3, 0.4) is 0 Å². The fourth-order valence-electron chi connectivity index (χ4n) is 1.34. The van der Waals surface area contributed by atoms with Crippen LogP contribution in [0.25, 0.3) is 0 Å². The van der Waals surface area contributed by atoms with Crippen molar-refractivity contribution in [3.05, 3.63) is 35.9 Å². The Morgan fingerprint density at radius 3 is 2.17 bits per heavy atom. The molecular formula is C12H18BrO4P. The molecule has 0 aliphatic carbocycles. The number of phosphoric ester groups is 1. The summed E-state index contributed by atoms with van der Waals surface area (Å²) in [6, 6.07) is 9.75. The number of hydrogen-bond donors (Lipinski definition) is 0. The number of benzene rings is 1. The van der Waals surface area contributed by atoms with E-state index >= 15 is 0 Å². The molecule has 0 spiro atoms. The van der Waals surface area contributed by atoms with Gasteiger partial charge in [0, 0.05) is 0 Å². The Balaban J connectivity index is 2.55. The average molecular weight is 337 g/mol. The number of alkyl halides is 1. The van der Waals surface area contributed by atoms with Gasteiger partial charge in [0.15, 0.2) is 0 Å². The third-order valence-electron chi connectivity index (χ3n) is 2.11. The largest absolute Gasteiger partial charge is 0.474 e. The summed E-state index contributed by atoms with van der Waals surface area (Å²) >= 11 is 3.48. The van der Waals surface area contributed by atoms with Gasteiger partial charge in [-0.05, 0) is 19.4 Å². The van der Waals surface area contributed by atoms with Crippen molar-refractivity contribution in [2.45, 2.75) is 18.7 Å². The molecule has 0 N–H and O–H groups in total. The lowest BCUT2D eigenvalue weighted by Crippen LogP contribution is -2.05. The topological polar surface area (TPSA) is 44.8 Å². The van der Waals surface area contributed by atoms with Crippen LogP contribution in [0.2, 0.25) is 0 Å². The summed E-state index contributed by atoms with van der Waals surface area (Å²) in [5.74, 6) is 0. The van der Waals surface area contributed by atoms with E-state index in [0.29, 0.717) is 0 Å². The van der Waals surface area contributed by atoms with E-state index in [4.69, 9.17) is 13.6 Å². The first-order chi connectivity index (χ1) is 8.61. The summed E-state index contributed by atoms with van der Waals surface area (Å²) in [7, 11) is -3.42. The summed E-state index contributed by atoms with van der Waals surface area (Å²) in [4.78, 5) is -0.0482. The molecule has 1 rings (SSSR count). The second-order valence-corrected chi connectivity index (χ2v) is 6.23. The summed E-state index contributed by atoms with van der Waals surface area (Å²) in [6.45, 7) is 4.29. The molecule has 0 amide bonds. The van der Waals surface area contributed by atoms with Gasteiger partial charge >= 0.3 is 7.82 Å². The van der Waals surface area contributed by atoms with E-state index in [1.807, 2.05) is 30.3 Å². The predicted octanol–water partition coefficient (Wildman–Crippen LogP) is 4.32. The van der Waals surface area contributed by atoms with Crippen LogP contribution in [-0.2, 0) is 18.1 Å². The van der Waals surface area contributed by atoms with Gasteiger partial charge in [0.2, 0.25) is 0 Å². The smallest absolute Gasteiger partial charge is 0.287 e. The minimum atomic E-state index is -3.42. The molecule has 1 atom stereocenters. The highest BCUT2D eigenvalue weighted by atomic mass is 79.9. The quantitative estimate of drug-likeness (QED) is 0.523. The molecule has 0 heterocycles. The highest BCUT2D eigenvalue weighted by Crippen LogP contribution is 2.50. The Hall–Kier alpha value is -0.190. The Kier molecular flexibility index (Phi) is 7.12. The maximum Gasteiger partial charge on any atom is 0.474 e. The van der Waals surface area contributed by atoms with Crippen LogP contribution in [0.4, 0.5) is 0 Å². The molecule has 0 aromatic heterocycles. The zero-order chi connectivity index (χ0) is 13.4. The van der Waals surface area contributed by atoms with E-state index in [2.05, 4.69) is 15.9 Å². The lowest BCUT2D eigenvalue weighted by molar-refractivity contribution is 0.122. The molecule has 0 saturated carbocycles. The Bertz CT molecular complexity index is 375. The SMILES string of the molecule is CCOP(=O)(OCC)OC[C@@H](Br)c1ccccc1. The molecule has 0 aliphatic rings. The van der Waals surface area contributed by atoms with Crippen LogP contribution in [0.5, 0.6) is 0 Å². The lowest BCUT2D eigenvalue weighted by Gasteiger charge is -2.18. The van der Waals surface area contributed by atoms with E-state index < -0.39 is 7.82 Å². The van der Waals surface area contributed by atoms with Crippen LogP contribution < -0.4 is 0 Å². The van der Waals surface area contributed by atoms with Crippen molar-refractivity contribution in [2.75, 3.05) is 19.8 Å². The predicted molar refractivity (Wildman–Crippen MR) is 74.9 cm³/mol. The van der Waals surface area contributed by atoms with Gasteiger partial charge in [-0.2, -0.15) is 0 Å². The molecule has 0 bridgehead atoms. The Morgan fingerprint density at radius 1 is 1.11 bits per heavy atom. The molecule has 18 heavy (non-hydrogen) atoms. The van der Waals surface area contributed by atoms with Crippen molar-refractivity contribution in [2.24, 2.45) is 0 Å². The molecule has 1 aromatic carbocycles. The van der Waals surface area contributed by atoms with E-state index in [9.17, 15) is 4.57 Å². The van der Waals surface area contributed by atoms with E-state index in [-0.39, 0.29) is 24.6 Å². The van der Waals surface area contributed by atoms with Crippen molar-refractivity contribution < 1.29 is 18.1 Å². The first-order valence-corrected chi connectivity index (χ1v) is 8.21. The minimum absolute atomic E-state index is 0.0482. The molecule has 0 radical (unpaired) electrons. The monoisotopic (exact) mass is 336 g/mol. The number of phosphoric acid groups is 1. The maximum atomic E-state index is 12.1. The van der Waals surface area contributed by atoms with Crippen LogP contribution in [-0.4, -0.2) is 19.8 Å². The molecule has 0 unspecified atom stereocenters. The molecule has 0 saturated heterocycles. The third kappa shape index (κ3) is 5.21. The van der Waals surface area contributed by atoms with Gasteiger partial charge in [0.1, 0.15) is 0 Å². The maximum absolute atomic E-state index is 12.1. The summed E-state index contributed by atoms with van der Waals surface area (Å²) in [5.41, 5.74) is 1.05. The van der Waals surface area contributed by atoms with Crippen molar-refractivity contribution in [3.63, 3.8) is 0 Å². The normalized spacial score (nSPS) is 13.5. The van der Waals surface area contributed by atoms with Crippen molar-refractivity contribution in [1.82, 2.24) is 0 Å². The zero-order valence-electron chi connectivity index (χ0n) is 10.5. The van der Waals surface area contributed by atoms with Crippen LogP contribution in [0.15, 0.2) is 30.3 Å². The first-order valence-electron chi connectivity index (χ1n) is 5.84. The fraction of sp³-hybridized carbons (Fsp3) is 0.500. The van der Waals surface area contributed by atoms with E-state index in [1.165, 1.54) is 0 Å². The summed E-state index contributed by atoms with van der Waals surface area (Å²) < 4.78 is 27.4. The van der Waals surface area contributed by atoms with Gasteiger partial charge < -0.3 is 0 Å². The first kappa shape index (κ1) is 15.9. The Morgan fingerprint density at radius 2 is 1.67 bits per heavy atom. The zero-order valence-corrected chi connectivity index (χ0v) is 13.0. The van der Waals surface area contributed by atoms with Gasteiger partial charge in [-0.3, -0.25) is 13.6 Å². The van der Waals surface area contributed by atoms with Crippen molar-refractivity contribution in [1.29, 1.82) is 0 Å². The van der Waals surface area contributed by atoms with Gasteiger partial charge in [-0.1, -0.05) is 46.3 Å². The number of rotatable bonds is 8. The molecular weight excluding hydrogens is 319 g/mol. The van der Waals surface area contributed by atoms with Crippen LogP contribution >= 0.6 is 23.8 Å². The van der Waals surface area contributed by atoms with Gasteiger partial charge in [0.05, 0.1) is 24.6 Å². The van der Waals surface area contributed by atoms with Crippen LogP contribution in [0, 0.1) is 0 Å². The van der Waals surface area contributed by atoms with Crippen LogP contribution in [0.1, 0.15) is 24.2 Å². The van der Waals surface area contributed by atoms with Gasteiger partial charge in [-0.15, -0.1) is 0 Å². The summed E-state index contributed by atoms with van der Waals surface area (Å²) in [6.07, 6.45) is 0. The van der Waals surface area contributed by atoms with Gasteiger partial charge in [-0.25, -0.2) is 4.57 Å². The second kappa shape index (κ2) is 8.08. The minimum Gasteiger partial charge on any atom is -0.287 e. The van der Waals surface area contributed by atoms with E-state index in [1.54, 1.807) is 13.8 Å². The van der Waals surface area contributed by atoms with Crippen molar-refractivity contribution >= 4 is 23.8 Å². The standard InChI is InChI=1S/C12H18BrO4P/c1-3-15-18(14,16-4-2)17-10-12(13)11-8-6-5-7-9-11/h5-9,12H,3-4,10H2,1-2H3/t12-/m1/s1. The molecule has 0 fully saturated rings. The third-order valence-corrected chi connectivity index (χ3v) is 4.52. The molecule has 6 heteroatoms. The number of halogens is 1. The summed E-state index contributed by atoms with van der Waals surface area (Å²) in [5, 5.41) is 0. The lowest BCUT2D eigenvalue weighted by atomic mass is 10.2. The molecule has 4 nitrogen and oxygen atoms in total. The highest BCUT2D eigenvalue weighted by Gasteiger charge is 2.26.